The van der Waals surface area contributed by atoms with Crippen molar-refractivity contribution in [2.75, 3.05) is 6.54 Å². The summed E-state index contributed by atoms with van der Waals surface area (Å²) in [5.41, 5.74) is 7.33. The van der Waals surface area contributed by atoms with Crippen LogP contribution in [0.2, 0.25) is 0 Å². The second kappa shape index (κ2) is 3.63. The van der Waals surface area contributed by atoms with E-state index >= 15 is 0 Å². The molecule has 2 atom stereocenters. The van der Waals surface area contributed by atoms with Crippen molar-refractivity contribution in [1.82, 2.24) is 5.16 Å². The zero-order chi connectivity index (χ0) is 11.1. The normalized spacial score (nSPS) is 26.0. The van der Waals surface area contributed by atoms with E-state index in [4.69, 9.17) is 10.3 Å². The minimum atomic E-state index is 0.269. The highest BCUT2D eigenvalue weighted by Gasteiger charge is 2.41. The minimum absolute atomic E-state index is 0.269. The van der Waals surface area contributed by atoms with Gasteiger partial charge in [0.15, 0.2) is 0 Å². The van der Waals surface area contributed by atoms with E-state index in [2.05, 4.69) is 25.9 Å². The number of hydrogen-bond acceptors (Lipinski definition) is 3. The van der Waals surface area contributed by atoms with Gasteiger partial charge in [-0.3, -0.25) is 0 Å². The van der Waals surface area contributed by atoms with Crippen LogP contribution in [0, 0.1) is 11.3 Å². The Hall–Kier alpha value is -0.830. The fourth-order valence-electron chi connectivity index (χ4n) is 2.85. The Balaban J connectivity index is 2.40. The average Bonchev–Trinajstić information content (AvgIpc) is 2.63. The van der Waals surface area contributed by atoms with Crippen LogP contribution in [0.5, 0.6) is 0 Å². The van der Waals surface area contributed by atoms with Crippen LogP contribution in [-0.2, 0) is 6.42 Å². The van der Waals surface area contributed by atoms with E-state index in [0.717, 1.165) is 12.2 Å². The highest BCUT2D eigenvalue weighted by atomic mass is 16.5. The molecule has 1 aromatic heterocycles. The highest BCUT2D eigenvalue weighted by Crippen LogP contribution is 2.48. The molecule has 0 radical (unpaired) electrons. The van der Waals surface area contributed by atoms with E-state index < -0.39 is 0 Å². The molecule has 3 heteroatoms. The van der Waals surface area contributed by atoms with Crippen molar-refractivity contribution < 1.29 is 4.52 Å². The van der Waals surface area contributed by atoms with Crippen molar-refractivity contribution in [1.29, 1.82) is 0 Å². The lowest BCUT2D eigenvalue weighted by molar-refractivity contribution is 0.157. The molecule has 0 bridgehead atoms. The van der Waals surface area contributed by atoms with E-state index in [9.17, 15) is 0 Å². The van der Waals surface area contributed by atoms with Gasteiger partial charge in [-0.15, -0.1) is 0 Å². The van der Waals surface area contributed by atoms with E-state index in [-0.39, 0.29) is 5.41 Å². The second-order valence-electron chi connectivity index (χ2n) is 5.39. The molecule has 0 saturated heterocycles. The molecule has 0 aliphatic heterocycles. The monoisotopic (exact) mass is 208 g/mol. The van der Waals surface area contributed by atoms with Crippen LogP contribution >= 0.6 is 0 Å². The zero-order valence-corrected chi connectivity index (χ0v) is 9.79. The molecule has 0 fully saturated rings. The van der Waals surface area contributed by atoms with Crippen molar-refractivity contribution in [2.45, 2.75) is 39.5 Å². The first-order valence-corrected chi connectivity index (χ1v) is 5.70. The Morgan fingerprint density at radius 3 is 3.07 bits per heavy atom. The van der Waals surface area contributed by atoms with Gasteiger partial charge in [0.25, 0.3) is 0 Å². The fraction of sp³-hybridized carbons (Fsp3) is 0.750. The van der Waals surface area contributed by atoms with Crippen LogP contribution < -0.4 is 5.73 Å². The van der Waals surface area contributed by atoms with Gasteiger partial charge in [0.2, 0.25) is 0 Å². The third-order valence-electron chi connectivity index (χ3n) is 3.78. The number of fused-ring (bicyclic) bond motifs is 1. The van der Waals surface area contributed by atoms with Gasteiger partial charge in [-0.1, -0.05) is 25.9 Å². The summed E-state index contributed by atoms with van der Waals surface area (Å²) in [5.74, 6) is 1.94. The number of aromatic nitrogens is 1. The molecule has 1 heterocycles. The molecular weight excluding hydrogens is 188 g/mol. The number of nitrogens with zero attached hydrogens (tertiary/aromatic N) is 1. The summed E-state index contributed by atoms with van der Waals surface area (Å²) in [6.45, 7) is 7.50. The topological polar surface area (TPSA) is 52.0 Å². The van der Waals surface area contributed by atoms with Gasteiger partial charge >= 0.3 is 0 Å². The Bertz CT molecular complexity index is 343. The maximum atomic E-state index is 5.79. The number of nitrogens with two attached hydrogens (primary N) is 1. The number of hydrogen-bond donors (Lipinski definition) is 1. The van der Waals surface area contributed by atoms with Gasteiger partial charge in [0.05, 0.1) is 6.20 Å². The van der Waals surface area contributed by atoms with Crippen molar-refractivity contribution in [3.05, 3.63) is 17.5 Å². The van der Waals surface area contributed by atoms with Crippen molar-refractivity contribution in [3.63, 3.8) is 0 Å². The van der Waals surface area contributed by atoms with Crippen LogP contribution in [0.25, 0.3) is 0 Å². The first-order chi connectivity index (χ1) is 7.06. The van der Waals surface area contributed by atoms with Gasteiger partial charge in [-0.2, -0.15) is 0 Å². The predicted molar refractivity (Wildman–Crippen MR) is 59.6 cm³/mol. The van der Waals surface area contributed by atoms with Crippen LogP contribution in [0.4, 0.5) is 0 Å². The molecule has 15 heavy (non-hydrogen) atoms. The lowest BCUT2D eigenvalue weighted by atomic mass is 9.64. The molecule has 2 N–H and O–H groups in total. The third-order valence-corrected chi connectivity index (χ3v) is 3.78. The molecular formula is C12H20N2O. The van der Waals surface area contributed by atoms with E-state index in [1.54, 1.807) is 0 Å². The Morgan fingerprint density at radius 1 is 1.67 bits per heavy atom. The van der Waals surface area contributed by atoms with Crippen LogP contribution in [0.3, 0.4) is 0 Å². The molecule has 1 aliphatic rings. The van der Waals surface area contributed by atoms with Gasteiger partial charge in [0.1, 0.15) is 5.76 Å². The minimum Gasteiger partial charge on any atom is -0.361 e. The predicted octanol–water partition coefficient (Wildman–Crippen LogP) is 2.33. The summed E-state index contributed by atoms with van der Waals surface area (Å²) >= 11 is 0. The second-order valence-corrected chi connectivity index (χ2v) is 5.39. The molecule has 0 aromatic carbocycles. The first-order valence-electron chi connectivity index (χ1n) is 5.70. The molecule has 1 aromatic rings. The van der Waals surface area contributed by atoms with E-state index in [0.29, 0.717) is 18.4 Å². The summed E-state index contributed by atoms with van der Waals surface area (Å²) in [4.78, 5) is 0. The molecule has 0 saturated carbocycles. The molecule has 2 unspecified atom stereocenters. The number of aryl methyl sites for hydroxylation is 1. The highest BCUT2D eigenvalue weighted by molar-refractivity contribution is 5.24. The van der Waals surface area contributed by atoms with Gasteiger partial charge in [0, 0.05) is 11.5 Å². The van der Waals surface area contributed by atoms with Crippen LogP contribution in [0.1, 0.15) is 44.4 Å². The molecule has 0 spiro atoms. The third kappa shape index (κ3) is 1.69. The molecule has 3 nitrogen and oxygen atoms in total. The van der Waals surface area contributed by atoms with Gasteiger partial charge in [-0.25, -0.2) is 0 Å². The summed E-state index contributed by atoms with van der Waals surface area (Å²) in [5, 5.41) is 3.92. The standard InChI is InChI=1S/C12H20N2O/c1-8(6-13)10-11-9(7-14-15-11)4-5-12(10,2)3/h7-8,10H,4-6,13H2,1-3H3. The molecule has 2 rings (SSSR count). The van der Waals surface area contributed by atoms with E-state index in [1.165, 1.54) is 12.0 Å². The first kappa shape index (κ1) is 10.7. The number of rotatable bonds is 2. The Labute approximate surface area is 91.0 Å². The van der Waals surface area contributed by atoms with E-state index in [1.807, 2.05) is 6.20 Å². The molecule has 1 aliphatic carbocycles. The smallest absolute Gasteiger partial charge is 0.143 e. The SMILES string of the molecule is CC(CN)C1c2oncc2CCC1(C)C. The average molecular weight is 208 g/mol. The lowest BCUT2D eigenvalue weighted by Crippen LogP contribution is -2.34. The summed E-state index contributed by atoms with van der Waals surface area (Å²) < 4.78 is 5.42. The molecule has 0 amide bonds. The lowest BCUT2D eigenvalue weighted by Gasteiger charge is -2.40. The van der Waals surface area contributed by atoms with Gasteiger partial charge in [-0.05, 0) is 30.7 Å². The van der Waals surface area contributed by atoms with Crippen molar-refractivity contribution in [3.8, 4) is 0 Å². The summed E-state index contributed by atoms with van der Waals surface area (Å²) in [7, 11) is 0. The summed E-state index contributed by atoms with van der Waals surface area (Å²) in [6, 6.07) is 0. The van der Waals surface area contributed by atoms with Gasteiger partial charge < -0.3 is 10.3 Å². The Morgan fingerprint density at radius 2 is 2.40 bits per heavy atom. The maximum absolute atomic E-state index is 5.79. The molecule has 84 valence electrons. The van der Waals surface area contributed by atoms with Crippen molar-refractivity contribution >= 4 is 0 Å². The largest absolute Gasteiger partial charge is 0.361 e. The fourth-order valence-corrected chi connectivity index (χ4v) is 2.85. The Kier molecular flexibility index (Phi) is 2.59. The quantitative estimate of drug-likeness (QED) is 0.811. The maximum Gasteiger partial charge on any atom is 0.143 e. The zero-order valence-electron chi connectivity index (χ0n) is 9.79. The van der Waals surface area contributed by atoms with Crippen molar-refractivity contribution in [2.24, 2.45) is 17.1 Å². The summed E-state index contributed by atoms with van der Waals surface area (Å²) in [6.07, 6.45) is 4.14. The van der Waals surface area contributed by atoms with Crippen LogP contribution in [-0.4, -0.2) is 11.7 Å². The van der Waals surface area contributed by atoms with Crippen LogP contribution in [0.15, 0.2) is 10.7 Å².